The molecule has 0 saturated heterocycles. The van der Waals surface area contributed by atoms with Gasteiger partial charge in [-0.05, 0) is 23.8 Å². The summed E-state index contributed by atoms with van der Waals surface area (Å²) in [4.78, 5) is 52.7. The van der Waals surface area contributed by atoms with E-state index in [1.54, 1.807) is 5.32 Å². The van der Waals surface area contributed by atoms with Crippen molar-refractivity contribution < 1.29 is 41.5 Å². The predicted molar refractivity (Wildman–Crippen MR) is 113 cm³/mol. The Bertz CT molecular complexity index is 1170. The third kappa shape index (κ3) is 4.81. The van der Waals surface area contributed by atoms with Gasteiger partial charge in [-0.15, -0.1) is 0 Å². The van der Waals surface area contributed by atoms with E-state index in [2.05, 4.69) is 15.9 Å². The number of rotatable bonds is 6. The zero-order valence-electron chi connectivity index (χ0n) is 17.5. The van der Waals surface area contributed by atoms with Crippen LogP contribution in [0, 0.1) is 5.82 Å². The molecule has 0 radical (unpaired) electrons. The maximum atomic E-state index is 14.5. The quantitative estimate of drug-likeness (QED) is 0.261. The van der Waals surface area contributed by atoms with Crippen molar-refractivity contribution in [2.75, 3.05) is 13.7 Å². The monoisotopic (exact) mass is 544 g/mol. The molecule has 1 unspecified atom stereocenters. The van der Waals surface area contributed by atoms with E-state index in [-0.39, 0.29) is 16.7 Å². The molecule has 34 heavy (non-hydrogen) atoms. The lowest BCUT2D eigenvalue weighted by Gasteiger charge is -2.39. The first-order chi connectivity index (χ1) is 15.9. The topological polar surface area (TPSA) is 92.8 Å². The lowest BCUT2D eigenvalue weighted by atomic mass is 9.71. The Morgan fingerprint density at radius 2 is 1.82 bits per heavy atom. The number of benzene rings is 2. The van der Waals surface area contributed by atoms with E-state index in [9.17, 15) is 36.7 Å². The molecule has 12 heteroatoms. The van der Waals surface area contributed by atoms with Gasteiger partial charge in [-0.2, -0.15) is 13.2 Å². The molecule has 1 aliphatic heterocycles. The summed E-state index contributed by atoms with van der Waals surface area (Å²) < 4.78 is 57.4. The molecule has 0 spiro atoms. The number of ether oxygens (including phenoxy) is 1. The van der Waals surface area contributed by atoms with Gasteiger partial charge in [-0.25, -0.2) is 4.39 Å². The van der Waals surface area contributed by atoms with Gasteiger partial charge in [0.05, 0.1) is 20.1 Å². The Labute approximate surface area is 199 Å². The number of esters is 1. The van der Waals surface area contributed by atoms with Gasteiger partial charge in [-0.3, -0.25) is 24.1 Å². The largest absolute Gasteiger partial charge is 0.468 e. The van der Waals surface area contributed by atoms with Gasteiger partial charge in [0, 0.05) is 15.6 Å². The van der Waals surface area contributed by atoms with E-state index in [4.69, 9.17) is 4.74 Å². The van der Waals surface area contributed by atoms with Gasteiger partial charge in [0.1, 0.15) is 12.4 Å². The Morgan fingerprint density at radius 3 is 2.44 bits per heavy atom. The first-order valence-electron chi connectivity index (χ1n) is 9.72. The number of nitrogens with one attached hydrogen (secondary N) is 1. The highest BCUT2D eigenvalue weighted by atomic mass is 79.9. The van der Waals surface area contributed by atoms with Crippen molar-refractivity contribution in [2.45, 2.75) is 24.6 Å². The Morgan fingerprint density at radius 1 is 1.15 bits per heavy atom. The van der Waals surface area contributed by atoms with Crippen LogP contribution in [0.2, 0.25) is 0 Å². The van der Waals surface area contributed by atoms with E-state index >= 15 is 0 Å². The lowest BCUT2D eigenvalue weighted by molar-refractivity contribution is -0.159. The summed E-state index contributed by atoms with van der Waals surface area (Å²) in [5.74, 6) is -5.35. The molecule has 1 aliphatic rings. The maximum absolute atomic E-state index is 14.5. The average molecular weight is 545 g/mol. The first kappa shape index (κ1) is 25.3. The number of hydrogen-bond acceptors (Lipinski definition) is 5. The SMILES string of the molecule is COC(=O)C1(CC(=O)NCC(F)(F)F)C(=O)N(Cc2ccc(Br)cc2F)C(=O)c2ccccc21. The lowest BCUT2D eigenvalue weighted by Crippen LogP contribution is -2.59. The maximum Gasteiger partial charge on any atom is 0.405 e. The van der Waals surface area contributed by atoms with Crippen molar-refractivity contribution in [1.82, 2.24) is 10.2 Å². The van der Waals surface area contributed by atoms with E-state index < -0.39 is 60.6 Å². The fraction of sp³-hybridized carbons (Fsp3) is 0.273. The summed E-state index contributed by atoms with van der Waals surface area (Å²) in [6, 6.07) is 9.28. The van der Waals surface area contributed by atoms with Crippen LogP contribution >= 0.6 is 15.9 Å². The molecule has 1 N–H and O–H groups in total. The van der Waals surface area contributed by atoms with Crippen LogP contribution in [0.15, 0.2) is 46.9 Å². The zero-order chi connectivity index (χ0) is 25.3. The van der Waals surface area contributed by atoms with Gasteiger partial charge in [0.2, 0.25) is 5.91 Å². The Balaban J connectivity index is 2.11. The summed E-state index contributed by atoms with van der Waals surface area (Å²) in [5, 5.41) is 1.62. The van der Waals surface area contributed by atoms with Crippen molar-refractivity contribution in [2.24, 2.45) is 0 Å². The molecule has 0 fully saturated rings. The zero-order valence-corrected chi connectivity index (χ0v) is 19.1. The number of amides is 3. The smallest absolute Gasteiger partial charge is 0.405 e. The number of halogens is 5. The van der Waals surface area contributed by atoms with Crippen LogP contribution in [-0.2, 0) is 31.1 Å². The van der Waals surface area contributed by atoms with E-state index in [0.717, 1.165) is 13.2 Å². The minimum atomic E-state index is -4.73. The molecule has 3 rings (SSSR count). The van der Waals surface area contributed by atoms with E-state index in [1.807, 2.05) is 0 Å². The van der Waals surface area contributed by atoms with Crippen LogP contribution in [0.5, 0.6) is 0 Å². The van der Waals surface area contributed by atoms with Crippen LogP contribution in [0.25, 0.3) is 0 Å². The number of methoxy groups -OCH3 is 1. The predicted octanol–water partition coefficient (Wildman–Crippen LogP) is 3.25. The van der Waals surface area contributed by atoms with Gasteiger partial charge in [0.15, 0.2) is 5.41 Å². The fourth-order valence-corrected chi connectivity index (χ4v) is 4.04. The Kier molecular flexibility index (Phi) is 7.10. The second-order valence-electron chi connectivity index (χ2n) is 7.44. The van der Waals surface area contributed by atoms with Crippen molar-refractivity contribution in [3.63, 3.8) is 0 Å². The second kappa shape index (κ2) is 9.53. The fourth-order valence-electron chi connectivity index (χ4n) is 3.71. The molecule has 0 aromatic heterocycles. The molecule has 0 bridgehead atoms. The molecule has 3 amide bonds. The molecule has 180 valence electrons. The molecule has 0 saturated carbocycles. The number of alkyl halides is 3. The first-order valence-corrected chi connectivity index (χ1v) is 10.5. The third-order valence-electron chi connectivity index (χ3n) is 5.26. The van der Waals surface area contributed by atoms with Crippen molar-refractivity contribution in [3.05, 3.63) is 69.4 Å². The highest BCUT2D eigenvalue weighted by molar-refractivity contribution is 9.10. The highest BCUT2D eigenvalue weighted by Gasteiger charge is 2.58. The summed E-state index contributed by atoms with van der Waals surface area (Å²) in [6.45, 7) is -2.28. The number of carbonyl (C=O) groups is 4. The molecular formula is C22H17BrF4N2O5. The summed E-state index contributed by atoms with van der Waals surface area (Å²) >= 11 is 3.10. The van der Waals surface area contributed by atoms with Gasteiger partial charge < -0.3 is 10.1 Å². The molecule has 7 nitrogen and oxygen atoms in total. The van der Waals surface area contributed by atoms with Crippen LogP contribution in [0.1, 0.15) is 27.9 Å². The normalized spacial score (nSPS) is 17.9. The minimum absolute atomic E-state index is 0.0652. The van der Waals surface area contributed by atoms with Crippen LogP contribution in [0.4, 0.5) is 17.6 Å². The third-order valence-corrected chi connectivity index (χ3v) is 5.76. The van der Waals surface area contributed by atoms with Gasteiger partial charge >= 0.3 is 12.1 Å². The summed E-state index contributed by atoms with van der Waals surface area (Å²) in [7, 11) is 0.933. The summed E-state index contributed by atoms with van der Waals surface area (Å²) in [6.07, 6.45) is -5.79. The molecule has 1 atom stereocenters. The molecule has 0 aliphatic carbocycles. The van der Waals surface area contributed by atoms with E-state index in [0.29, 0.717) is 9.37 Å². The number of nitrogens with zero attached hydrogens (tertiary/aromatic N) is 1. The van der Waals surface area contributed by atoms with Crippen LogP contribution in [-0.4, -0.2) is 48.4 Å². The van der Waals surface area contributed by atoms with Crippen molar-refractivity contribution >= 4 is 39.6 Å². The van der Waals surface area contributed by atoms with Crippen LogP contribution in [0.3, 0.4) is 0 Å². The molecule has 2 aromatic rings. The summed E-state index contributed by atoms with van der Waals surface area (Å²) in [5.41, 5.74) is -2.86. The van der Waals surface area contributed by atoms with Crippen LogP contribution < -0.4 is 5.32 Å². The minimum Gasteiger partial charge on any atom is -0.468 e. The second-order valence-corrected chi connectivity index (χ2v) is 8.36. The van der Waals surface area contributed by atoms with E-state index in [1.165, 1.54) is 36.4 Å². The molecule has 2 aromatic carbocycles. The highest BCUT2D eigenvalue weighted by Crippen LogP contribution is 2.40. The number of imide groups is 1. The van der Waals surface area contributed by atoms with Gasteiger partial charge in [-0.1, -0.05) is 40.2 Å². The number of fused-ring (bicyclic) bond motifs is 1. The van der Waals surface area contributed by atoms with Gasteiger partial charge in [0.25, 0.3) is 11.8 Å². The Hall–Kier alpha value is -3.28. The number of hydrogen-bond donors (Lipinski definition) is 1. The average Bonchev–Trinajstić information content (AvgIpc) is 2.78. The van der Waals surface area contributed by atoms with Crippen molar-refractivity contribution in [1.29, 1.82) is 0 Å². The number of carbonyl (C=O) groups excluding carboxylic acids is 4. The molecular weight excluding hydrogens is 528 g/mol. The standard InChI is InChI=1S/C22H17BrF4N2O5/c1-34-20(33)21(9-17(30)28-11-22(25,26)27)15-5-3-2-4-14(15)18(31)29(19(21)32)10-12-6-7-13(23)8-16(12)24/h2-8H,9-11H2,1H3,(H,28,30). The molecule has 1 heterocycles. The van der Waals surface area contributed by atoms with Crippen molar-refractivity contribution in [3.8, 4) is 0 Å².